The van der Waals surface area contributed by atoms with Crippen LogP contribution in [0.1, 0.15) is 29.2 Å². The molecule has 6 heteroatoms. The lowest BCUT2D eigenvalue weighted by Crippen LogP contribution is -2.39. The standard InChI is InChI=1S/C22H22N2O3S/c1-15(2)24(18-12-8-5-9-13-18)19(25)14-27-22(26)20-16(3)23-21(28-20)17-10-6-4-7-11-17/h4-13,15H,14H2,1-3H3. The number of anilines is 1. The third-order valence-corrected chi connectivity index (χ3v) is 5.34. The first-order valence-electron chi connectivity index (χ1n) is 9.04. The van der Waals surface area contributed by atoms with E-state index < -0.39 is 5.97 Å². The third kappa shape index (κ3) is 4.46. The van der Waals surface area contributed by atoms with Crippen molar-refractivity contribution in [1.82, 2.24) is 4.98 Å². The first-order valence-corrected chi connectivity index (χ1v) is 9.86. The number of rotatable bonds is 6. The summed E-state index contributed by atoms with van der Waals surface area (Å²) in [5.74, 6) is -0.790. The lowest BCUT2D eigenvalue weighted by atomic mass is 10.2. The summed E-state index contributed by atoms with van der Waals surface area (Å²) in [6.07, 6.45) is 0. The normalized spacial score (nSPS) is 10.7. The van der Waals surface area contributed by atoms with Gasteiger partial charge in [-0.25, -0.2) is 9.78 Å². The van der Waals surface area contributed by atoms with E-state index in [0.29, 0.717) is 10.6 Å². The molecule has 0 bridgehead atoms. The molecule has 2 aromatic carbocycles. The van der Waals surface area contributed by atoms with Gasteiger partial charge in [-0.15, -0.1) is 11.3 Å². The molecule has 144 valence electrons. The summed E-state index contributed by atoms with van der Waals surface area (Å²) >= 11 is 1.27. The molecule has 0 N–H and O–H groups in total. The SMILES string of the molecule is Cc1nc(-c2ccccc2)sc1C(=O)OCC(=O)N(c1ccccc1)C(C)C. The fraction of sp³-hybridized carbons (Fsp3) is 0.227. The second-order valence-corrected chi connectivity index (χ2v) is 7.57. The highest BCUT2D eigenvalue weighted by Gasteiger charge is 2.23. The van der Waals surface area contributed by atoms with Gasteiger partial charge in [0.15, 0.2) is 6.61 Å². The predicted molar refractivity (Wildman–Crippen MR) is 112 cm³/mol. The quantitative estimate of drug-likeness (QED) is 0.568. The van der Waals surface area contributed by atoms with Crippen molar-refractivity contribution in [2.75, 3.05) is 11.5 Å². The molecule has 3 rings (SSSR count). The van der Waals surface area contributed by atoms with Crippen molar-refractivity contribution in [2.45, 2.75) is 26.8 Å². The topological polar surface area (TPSA) is 59.5 Å². The Labute approximate surface area is 168 Å². The minimum Gasteiger partial charge on any atom is -0.451 e. The monoisotopic (exact) mass is 394 g/mol. The zero-order valence-corrected chi connectivity index (χ0v) is 16.9. The fourth-order valence-corrected chi connectivity index (χ4v) is 3.84. The number of aromatic nitrogens is 1. The maximum Gasteiger partial charge on any atom is 0.350 e. The Balaban J connectivity index is 1.70. The minimum absolute atomic E-state index is 0.0524. The second kappa shape index (κ2) is 8.80. The first-order chi connectivity index (χ1) is 13.5. The predicted octanol–water partition coefficient (Wildman–Crippen LogP) is 4.72. The van der Waals surface area contributed by atoms with Crippen molar-refractivity contribution in [1.29, 1.82) is 0 Å². The van der Waals surface area contributed by atoms with Gasteiger partial charge in [0.2, 0.25) is 0 Å². The van der Waals surface area contributed by atoms with Gasteiger partial charge in [0.1, 0.15) is 9.88 Å². The summed E-state index contributed by atoms with van der Waals surface area (Å²) in [4.78, 5) is 31.7. The molecule has 0 atom stereocenters. The summed E-state index contributed by atoms with van der Waals surface area (Å²) in [6, 6.07) is 19.0. The van der Waals surface area contributed by atoms with Crippen LogP contribution in [0.5, 0.6) is 0 Å². The Kier molecular flexibility index (Phi) is 6.21. The van der Waals surface area contributed by atoms with Crippen molar-refractivity contribution in [3.63, 3.8) is 0 Å². The van der Waals surface area contributed by atoms with Crippen molar-refractivity contribution < 1.29 is 14.3 Å². The van der Waals surface area contributed by atoms with Crippen LogP contribution < -0.4 is 4.90 Å². The number of nitrogens with zero attached hydrogens (tertiary/aromatic N) is 2. The molecule has 0 fully saturated rings. The zero-order chi connectivity index (χ0) is 20.1. The second-order valence-electron chi connectivity index (χ2n) is 6.57. The Morgan fingerprint density at radius 3 is 2.25 bits per heavy atom. The van der Waals surface area contributed by atoms with E-state index in [1.807, 2.05) is 74.5 Å². The number of ether oxygens (including phenoxy) is 1. The highest BCUT2D eigenvalue weighted by molar-refractivity contribution is 7.17. The largest absolute Gasteiger partial charge is 0.451 e. The van der Waals surface area contributed by atoms with E-state index in [1.54, 1.807) is 11.8 Å². The van der Waals surface area contributed by atoms with Gasteiger partial charge in [0, 0.05) is 17.3 Å². The number of hydrogen-bond donors (Lipinski definition) is 0. The van der Waals surface area contributed by atoms with E-state index >= 15 is 0 Å². The molecule has 1 heterocycles. The molecule has 1 aromatic heterocycles. The van der Waals surface area contributed by atoms with Crippen LogP contribution in [0.4, 0.5) is 5.69 Å². The number of carbonyl (C=O) groups is 2. The Morgan fingerprint density at radius 2 is 1.64 bits per heavy atom. The lowest BCUT2D eigenvalue weighted by Gasteiger charge is -2.26. The van der Waals surface area contributed by atoms with Crippen molar-refractivity contribution in [3.05, 3.63) is 71.2 Å². The molecular formula is C22H22N2O3S. The molecule has 0 aliphatic heterocycles. The van der Waals surface area contributed by atoms with Gasteiger partial charge in [-0.2, -0.15) is 0 Å². The van der Waals surface area contributed by atoms with Gasteiger partial charge in [0.05, 0.1) is 5.69 Å². The number of amides is 1. The van der Waals surface area contributed by atoms with Crippen LogP contribution in [0.2, 0.25) is 0 Å². The molecular weight excluding hydrogens is 372 g/mol. The van der Waals surface area contributed by atoms with Crippen LogP contribution in [0.15, 0.2) is 60.7 Å². The van der Waals surface area contributed by atoms with Crippen LogP contribution in [-0.2, 0) is 9.53 Å². The van der Waals surface area contributed by atoms with Crippen LogP contribution in [0.25, 0.3) is 10.6 Å². The Hall–Kier alpha value is -2.99. The van der Waals surface area contributed by atoms with Crippen LogP contribution in [0, 0.1) is 6.92 Å². The molecule has 0 saturated carbocycles. The van der Waals surface area contributed by atoms with Gasteiger partial charge in [-0.3, -0.25) is 4.79 Å². The fourth-order valence-electron chi connectivity index (χ4n) is 2.87. The number of thiazole rings is 1. The maximum atomic E-state index is 12.7. The lowest BCUT2D eigenvalue weighted by molar-refractivity contribution is -0.122. The zero-order valence-electron chi connectivity index (χ0n) is 16.1. The van der Waals surface area contributed by atoms with Crippen molar-refractivity contribution in [3.8, 4) is 10.6 Å². The van der Waals surface area contributed by atoms with Crippen LogP contribution >= 0.6 is 11.3 Å². The number of para-hydroxylation sites is 1. The average molecular weight is 394 g/mol. The molecule has 5 nitrogen and oxygen atoms in total. The summed E-state index contributed by atoms with van der Waals surface area (Å²) in [6.45, 7) is 5.30. The molecule has 0 aliphatic rings. The van der Waals surface area contributed by atoms with Crippen molar-refractivity contribution >= 4 is 28.9 Å². The maximum absolute atomic E-state index is 12.7. The smallest absolute Gasteiger partial charge is 0.350 e. The van der Waals surface area contributed by atoms with E-state index in [0.717, 1.165) is 16.3 Å². The van der Waals surface area contributed by atoms with E-state index in [9.17, 15) is 9.59 Å². The minimum atomic E-state index is -0.526. The Morgan fingerprint density at radius 1 is 1.04 bits per heavy atom. The van der Waals surface area contributed by atoms with Gasteiger partial charge >= 0.3 is 5.97 Å². The molecule has 0 spiro atoms. The number of esters is 1. The Bertz CT molecular complexity index is 952. The van der Waals surface area contributed by atoms with Gasteiger partial charge in [-0.05, 0) is 32.9 Å². The van der Waals surface area contributed by atoms with E-state index in [2.05, 4.69) is 4.98 Å². The third-order valence-electron chi connectivity index (χ3n) is 4.15. The highest BCUT2D eigenvalue weighted by atomic mass is 32.1. The van der Waals surface area contributed by atoms with Gasteiger partial charge < -0.3 is 9.64 Å². The molecule has 3 aromatic rings. The summed E-state index contributed by atoms with van der Waals surface area (Å²) in [7, 11) is 0. The molecule has 1 amide bonds. The summed E-state index contributed by atoms with van der Waals surface area (Å²) in [5, 5.41) is 0.754. The number of aryl methyl sites for hydroxylation is 1. The first kappa shape index (κ1) is 19.8. The number of carbonyl (C=O) groups excluding carboxylic acids is 2. The van der Waals surface area contributed by atoms with Gasteiger partial charge in [-0.1, -0.05) is 48.5 Å². The van der Waals surface area contributed by atoms with Gasteiger partial charge in [0.25, 0.3) is 5.91 Å². The van der Waals surface area contributed by atoms with Crippen LogP contribution in [-0.4, -0.2) is 29.5 Å². The molecule has 28 heavy (non-hydrogen) atoms. The van der Waals surface area contributed by atoms with E-state index in [-0.39, 0.29) is 18.6 Å². The number of hydrogen-bond acceptors (Lipinski definition) is 5. The average Bonchev–Trinajstić information content (AvgIpc) is 3.09. The summed E-state index contributed by atoms with van der Waals surface area (Å²) < 4.78 is 5.31. The molecule has 0 saturated heterocycles. The summed E-state index contributed by atoms with van der Waals surface area (Å²) in [5.41, 5.74) is 2.32. The molecule has 0 radical (unpaired) electrons. The highest BCUT2D eigenvalue weighted by Crippen LogP contribution is 2.28. The molecule has 0 aliphatic carbocycles. The van der Waals surface area contributed by atoms with Crippen LogP contribution in [0.3, 0.4) is 0 Å². The van der Waals surface area contributed by atoms with E-state index in [1.165, 1.54) is 11.3 Å². The van der Waals surface area contributed by atoms with Crippen molar-refractivity contribution in [2.24, 2.45) is 0 Å². The number of benzene rings is 2. The van der Waals surface area contributed by atoms with E-state index in [4.69, 9.17) is 4.74 Å². The molecule has 0 unspecified atom stereocenters.